The van der Waals surface area contributed by atoms with Gasteiger partial charge in [0, 0.05) is 0 Å². The second-order valence-electron chi connectivity index (χ2n) is 3.11. The average molecular weight is 194 g/mol. The predicted molar refractivity (Wildman–Crippen MR) is 45.3 cm³/mol. The summed E-state index contributed by atoms with van der Waals surface area (Å²) >= 11 is 0. The van der Waals surface area contributed by atoms with Gasteiger partial charge in [-0.3, -0.25) is 0 Å². The molecule has 0 aliphatic rings. The van der Waals surface area contributed by atoms with Crippen LogP contribution in [0.2, 0.25) is 0 Å². The fraction of sp³-hybridized carbons (Fsp3) is 0.875. The summed E-state index contributed by atoms with van der Waals surface area (Å²) in [4.78, 5) is 11.4. The van der Waals surface area contributed by atoms with Gasteiger partial charge in [0.05, 0.1) is 13.2 Å². The van der Waals surface area contributed by atoms with E-state index in [2.05, 4.69) is 4.74 Å². The van der Waals surface area contributed by atoms with Crippen molar-refractivity contribution in [1.82, 2.24) is 0 Å². The highest BCUT2D eigenvalue weighted by molar-refractivity contribution is 5.59. The highest BCUT2D eigenvalue weighted by atomic mass is 19.1. The molecule has 0 aromatic rings. The fourth-order valence-electron chi connectivity index (χ4n) is 0.602. The first-order chi connectivity index (χ1) is 6.06. The minimum atomic E-state index is -0.693. The summed E-state index contributed by atoms with van der Waals surface area (Å²) < 4.78 is 21.3. The Bertz CT molecular complexity index is 152. The van der Waals surface area contributed by atoms with Gasteiger partial charge in [-0.15, -0.1) is 0 Å². The van der Waals surface area contributed by atoms with Crippen molar-refractivity contribution in [3.05, 3.63) is 0 Å². The van der Waals surface area contributed by atoms with E-state index < -0.39 is 13.0 Å². The highest BCUT2D eigenvalue weighted by Gasteiger charge is 2.07. The number of halogens is 1. The molecule has 0 spiro atoms. The van der Waals surface area contributed by atoms with E-state index in [0.29, 0.717) is 11.4 Å². The Labute approximate surface area is 77.6 Å². The van der Waals surface area contributed by atoms with Crippen molar-refractivity contribution in [1.29, 1.82) is 0 Å². The Morgan fingerprint density at radius 2 is 2.15 bits per heavy atom. The van der Waals surface area contributed by atoms with Crippen molar-refractivity contribution in [3.63, 3.8) is 0 Å². The zero-order valence-electron chi connectivity index (χ0n) is 8.30. The van der Waals surface area contributed by atoms with Crippen LogP contribution in [-0.2, 0) is 9.47 Å². The molecule has 1 atom stereocenters. The van der Waals surface area contributed by atoms with E-state index in [1.165, 1.54) is 0 Å². The van der Waals surface area contributed by atoms with E-state index in [1.54, 1.807) is 20.9 Å². The number of hydrogen-bond acceptors (Lipinski definition) is 3. The van der Waals surface area contributed by atoms with E-state index in [1.807, 2.05) is 0 Å². The van der Waals surface area contributed by atoms with E-state index in [4.69, 9.17) is 4.74 Å². The molecule has 0 saturated heterocycles. The van der Waals surface area contributed by atoms with Gasteiger partial charge in [-0.2, -0.15) is 4.39 Å². The number of hydrogen-bond donors (Lipinski definition) is 1. The van der Waals surface area contributed by atoms with E-state index in [0.717, 1.165) is 0 Å². The van der Waals surface area contributed by atoms with E-state index in [-0.39, 0.29) is 12.7 Å². The first-order valence-corrected chi connectivity index (χ1v) is 4.27. The summed E-state index contributed by atoms with van der Waals surface area (Å²) in [6, 6.07) is 0. The molecule has 0 aromatic carbocycles. The maximum Gasteiger partial charge on any atom is 0.508 e. The molecule has 5 heteroatoms. The number of likely N-dealkylation sites (N-methyl/N-ethyl adjacent to an activating group) is 1. The standard InChI is InChI=1S/C8H16FNO3/c1-7(2)13-8(11)12-5-4-10(3)6-9/h7H,4-6H2,1-3H3/p+1. The molecular weight excluding hydrogens is 177 g/mol. The lowest BCUT2D eigenvalue weighted by molar-refractivity contribution is -0.893. The number of ether oxygens (including phenoxy) is 2. The molecule has 0 bridgehead atoms. The van der Waals surface area contributed by atoms with Crippen LogP contribution in [0.3, 0.4) is 0 Å². The van der Waals surface area contributed by atoms with Crippen LogP contribution in [0.25, 0.3) is 0 Å². The summed E-state index contributed by atoms with van der Waals surface area (Å²) in [6.07, 6.45) is -0.875. The molecule has 0 heterocycles. The average Bonchev–Trinajstić information content (AvgIpc) is 2.02. The Kier molecular flexibility index (Phi) is 6.22. The second-order valence-corrected chi connectivity index (χ2v) is 3.11. The van der Waals surface area contributed by atoms with Crippen molar-refractivity contribution >= 4 is 6.16 Å². The van der Waals surface area contributed by atoms with Gasteiger partial charge in [-0.25, -0.2) is 4.79 Å². The molecule has 78 valence electrons. The number of quaternary nitrogens is 1. The molecule has 0 radical (unpaired) electrons. The molecule has 0 fully saturated rings. The minimum Gasteiger partial charge on any atom is -0.432 e. The smallest absolute Gasteiger partial charge is 0.432 e. The summed E-state index contributed by atoms with van der Waals surface area (Å²) in [5, 5.41) is 0. The summed E-state index contributed by atoms with van der Waals surface area (Å²) in [5.41, 5.74) is 0. The molecule has 0 aromatic heterocycles. The zero-order valence-corrected chi connectivity index (χ0v) is 8.30. The van der Waals surface area contributed by atoms with Crippen LogP contribution in [-0.4, -0.2) is 39.3 Å². The monoisotopic (exact) mass is 194 g/mol. The van der Waals surface area contributed by atoms with Crippen LogP contribution in [0.1, 0.15) is 13.8 Å². The summed E-state index contributed by atoms with van der Waals surface area (Å²) in [7, 11) is 1.68. The molecule has 1 unspecified atom stereocenters. The Hall–Kier alpha value is -0.840. The number of rotatable bonds is 5. The fourth-order valence-corrected chi connectivity index (χ4v) is 0.602. The van der Waals surface area contributed by atoms with Crippen LogP contribution in [0.4, 0.5) is 9.18 Å². The van der Waals surface area contributed by atoms with Crippen molar-refractivity contribution in [2.45, 2.75) is 20.0 Å². The van der Waals surface area contributed by atoms with Crippen molar-refractivity contribution in [2.75, 3.05) is 27.0 Å². The Morgan fingerprint density at radius 3 is 2.62 bits per heavy atom. The van der Waals surface area contributed by atoms with Gasteiger partial charge in [0.25, 0.3) is 0 Å². The third-order valence-electron chi connectivity index (χ3n) is 1.31. The second kappa shape index (κ2) is 6.65. The minimum absolute atomic E-state index is 0.182. The molecule has 0 rings (SSSR count). The van der Waals surface area contributed by atoms with Gasteiger partial charge >= 0.3 is 6.16 Å². The van der Waals surface area contributed by atoms with E-state index in [9.17, 15) is 9.18 Å². The molecule has 0 aliphatic carbocycles. The molecule has 1 N–H and O–H groups in total. The zero-order chi connectivity index (χ0) is 10.3. The molecule has 0 saturated carbocycles. The number of carbonyl (C=O) groups is 1. The molecule has 13 heavy (non-hydrogen) atoms. The predicted octanol–water partition coefficient (Wildman–Crippen LogP) is -0.0103. The van der Waals surface area contributed by atoms with Gasteiger partial charge in [0.1, 0.15) is 13.2 Å². The third-order valence-corrected chi connectivity index (χ3v) is 1.31. The molecule has 4 nitrogen and oxygen atoms in total. The van der Waals surface area contributed by atoms with Crippen LogP contribution in [0.5, 0.6) is 0 Å². The van der Waals surface area contributed by atoms with Crippen LogP contribution < -0.4 is 4.90 Å². The molecular formula is C8H17FNO3+. The molecule has 0 aliphatic heterocycles. The maximum absolute atomic E-state index is 11.9. The lowest BCUT2D eigenvalue weighted by Crippen LogP contribution is -3.08. The summed E-state index contributed by atoms with van der Waals surface area (Å²) in [6.45, 7) is 3.63. The van der Waals surface area contributed by atoms with Crippen LogP contribution >= 0.6 is 0 Å². The topological polar surface area (TPSA) is 40.0 Å². The third kappa shape index (κ3) is 7.52. The van der Waals surface area contributed by atoms with Crippen molar-refractivity contribution < 1.29 is 23.6 Å². The van der Waals surface area contributed by atoms with Gasteiger partial charge in [-0.1, -0.05) is 0 Å². The van der Waals surface area contributed by atoms with Crippen LogP contribution in [0.15, 0.2) is 0 Å². The lowest BCUT2D eigenvalue weighted by Gasteiger charge is -2.10. The maximum atomic E-state index is 11.9. The van der Waals surface area contributed by atoms with E-state index >= 15 is 0 Å². The van der Waals surface area contributed by atoms with Crippen molar-refractivity contribution in [3.8, 4) is 0 Å². The number of alkyl halides is 1. The SMILES string of the molecule is CC(C)OC(=O)OCC[NH+](C)CF. The van der Waals surface area contributed by atoms with Gasteiger partial charge in [0.2, 0.25) is 6.80 Å². The van der Waals surface area contributed by atoms with Crippen LogP contribution in [0, 0.1) is 0 Å². The lowest BCUT2D eigenvalue weighted by atomic mass is 10.5. The van der Waals surface area contributed by atoms with Crippen molar-refractivity contribution in [2.24, 2.45) is 0 Å². The van der Waals surface area contributed by atoms with Gasteiger partial charge < -0.3 is 14.4 Å². The van der Waals surface area contributed by atoms with Gasteiger partial charge in [-0.05, 0) is 13.8 Å². The highest BCUT2D eigenvalue weighted by Crippen LogP contribution is 1.91. The largest absolute Gasteiger partial charge is 0.508 e. The Morgan fingerprint density at radius 1 is 1.54 bits per heavy atom. The summed E-state index contributed by atoms with van der Waals surface area (Å²) in [5.74, 6) is 0. The number of carbonyl (C=O) groups excluding carboxylic acids is 1. The quantitative estimate of drug-likeness (QED) is 0.494. The van der Waals surface area contributed by atoms with Gasteiger partial charge in [0.15, 0.2) is 0 Å². The first kappa shape index (κ1) is 12.2. The normalized spacial score (nSPS) is 12.7. The Balaban J connectivity index is 3.37. The molecule has 0 amide bonds. The number of nitrogens with one attached hydrogen (secondary N) is 1. The first-order valence-electron chi connectivity index (χ1n) is 4.27.